The van der Waals surface area contributed by atoms with Crippen LogP contribution in [0, 0.1) is 13.8 Å². The van der Waals surface area contributed by atoms with Crippen molar-refractivity contribution < 1.29 is 44.5 Å². The number of aliphatic hydroxyl groups excluding tert-OH is 5. The molecule has 3 aliphatic rings. The highest BCUT2D eigenvalue weighted by Crippen LogP contribution is 2.29. The van der Waals surface area contributed by atoms with Gasteiger partial charge in [-0.3, -0.25) is 14.8 Å². The Morgan fingerprint density at radius 3 is 2.55 bits per heavy atom. The summed E-state index contributed by atoms with van der Waals surface area (Å²) in [6.45, 7) is 1.69. The van der Waals surface area contributed by atoms with E-state index < -0.39 is 79.9 Å². The summed E-state index contributed by atoms with van der Waals surface area (Å²) in [7, 11) is 0. The van der Waals surface area contributed by atoms with Gasteiger partial charge in [-0.25, -0.2) is 14.6 Å². The van der Waals surface area contributed by atoms with Crippen molar-refractivity contribution in [3.63, 3.8) is 0 Å². The molecule has 0 aliphatic carbocycles. The SMILES string of the molecule is Cc1cc2nc3c(=O)[nH]c(=O)nc-3n(C[C@@H](OC(=O)c3cccnc3)[C@@H](OC3O[C@H](CO)[C@@H](O)[C@H]3O)[C@@H](O)CO)c2cc1C. The number of nitrogens with one attached hydrogen (secondary N) is 1. The number of aromatic amines is 1. The standard InChI is InChI=1S/C28H31N5O11/c1-12-6-15-16(7-13(12)2)33(24-20(30-15)25(39)32-28(41)31-24)9-18(42-26(40)14-4-3-5-29-8-14)23(17(36)10-34)44-27-22(38)21(37)19(11-35)43-27/h3-8,17-19,21-23,27,34-38H,9-11H2,1-2H3,(H,32,39,41)/t17-,18+,19+,21+,22+,23-,27?/m0/s1. The van der Waals surface area contributed by atoms with Crippen LogP contribution in [0.4, 0.5) is 0 Å². The minimum absolute atomic E-state index is 0.0278. The number of H-pyrrole nitrogens is 1. The predicted octanol–water partition coefficient (Wildman–Crippen LogP) is -2.00. The average Bonchev–Trinajstić information content (AvgIpc) is 3.28. The number of aromatic nitrogens is 5. The third-order valence-electron chi connectivity index (χ3n) is 7.47. The van der Waals surface area contributed by atoms with Gasteiger partial charge in [-0.2, -0.15) is 4.98 Å². The number of esters is 1. The van der Waals surface area contributed by atoms with Crippen LogP contribution in [-0.2, 0) is 20.8 Å². The lowest BCUT2D eigenvalue weighted by atomic mass is 10.1. The Morgan fingerprint density at radius 1 is 1.14 bits per heavy atom. The van der Waals surface area contributed by atoms with Crippen LogP contribution >= 0.6 is 0 Å². The first-order chi connectivity index (χ1) is 21.0. The molecule has 4 heterocycles. The molecule has 16 nitrogen and oxygen atoms in total. The van der Waals surface area contributed by atoms with E-state index in [1.54, 1.807) is 12.1 Å². The molecule has 7 atom stereocenters. The van der Waals surface area contributed by atoms with Gasteiger partial charge in [0.05, 0.1) is 36.4 Å². The summed E-state index contributed by atoms with van der Waals surface area (Å²) < 4.78 is 18.5. The number of aryl methyl sites for hydroxylation is 2. The monoisotopic (exact) mass is 613 g/mol. The first-order valence-electron chi connectivity index (χ1n) is 13.6. The molecule has 1 aromatic heterocycles. The molecule has 44 heavy (non-hydrogen) atoms. The Kier molecular flexibility index (Phi) is 9.12. The molecular formula is C28H31N5O11. The zero-order valence-electron chi connectivity index (χ0n) is 23.6. The van der Waals surface area contributed by atoms with Crippen LogP contribution in [0.2, 0.25) is 0 Å². The largest absolute Gasteiger partial charge is 0.454 e. The van der Waals surface area contributed by atoms with Gasteiger partial charge in [0.15, 0.2) is 17.8 Å². The Morgan fingerprint density at radius 2 is 1.89 bits per heavy atom. The highest BCUT2D eigenvalue weighted by molar-refractivity contribution is 5.89. The molecule has 0 saturated carbocycles. The minimum atomic E-state index is -1.75. The lowest BCUT2D eigenvalue weighted by Gasteiger charge is -2.33. The van der Waals surface area contributed by atoms with Crippen molar-refractivity contribution in [1.82, 2.24) is 24.5 Å². The minimum Gasteiger partial charge on any atom is -0.454 e. The van der Waals surface area contributed by atoms with Crippen molar-refractivity contribution in [2.75, 3.05) is 13.2 Å². The number of benzene rings is 1. The molecule has 5 rings (SSSR count). The average molecular weight is 614 g/mol. The molecule has 2 aromatic rings. The van der Waals surface area contributed by atoms with Gasteiger partial charge in [-0.1, -0.05) is 0 Å². The molecule has 16 heteroatoms. The third-order valence-corrected chi connectivity index (χ3v) is 7.47. The van der Waals surface area contributed by atoms with Gasteiger partial charge in [0, 0.05) is 12.4 Å². The molecule has 234 valence electrons. The van der Waals surface area contributed by atoms with Crippen LogP contribution in [0.25, 0.3) is 22.6 Å². The molecule has 0 amide bonds. The number of carbonyl (C=O) groups is 1. The quantitative estimate of drug-likeness (QED) is 0.0838. The molecule has 0 spiro atoms. The zero-order chi connectivity index (χ0) is 31.7. The number of carbonyl (C=O) groups excluding carboxylic acids is 1. The maximum absolute atomic E-state index is 13.3. The molecule has 1 unspecified atom stereocenters. The predicted molar refractivity (Wildman–Crippen MR) is 150 cm³/mol. The number of hydrogen-bond acceptors (Lipinski definition) is 14. The summed E-state index contributed by atoms with van der Waals surface area (Å²) in [4.78, 5) is 52.8. The maximum Gasteiger partial charge on any atom is 0.349 e. The molecule has 0 bridgehead atoms. The van der Waals surface area contributed by atoms with E-state index in [9.17, 15) is 39.9 Å². The highest BCUT2D eigenvalue weighted by Gasteiger charge is 2.46. The fourth-order valence-corrected chi connectivity index (χ4v) is 4.97. The van der Waals surface area contributed by atoms with E-state index in [0.717, 1.165) is 11.1 Å². The molecule has 1 aromatic carbocycles. The topological polar surface area (TPSA) is 239 Å². The molecule has 3 aliphatic heterocycles. The number of ether oxygens (including phenoxy) is 3. The van der Waals surface area contributed by atoms with Crippen molar-refractivity contribution in [2.24, 2.45) is 0 Å². The summed E-state index contributed by atoms with van der Waals surface area (Å²) in [5.41, 5.74) is 0.451. The smallest absolute Gasteiger partial charge is 0.349 e. The second-order valence-corrected chi connectivity index (χ2v) is 10.4. The van der Waals surface area contributed by atoms with Gasteiger partial charge >= 0.3 is 11.7 Å². The summed E-state index contributed by atoms with van der Waals surface area (Å²) in [6, 6.07) is 6.38. The van der Waals surface area contributed by atoms with Crippen molar-refractivity contribution in [1.29, 1.82) is 0 Å². The Balaban J connectivity index is 1.66. The summed E-state index contributed by atoms with van der Waals surface area (Å²) in [6.07, 6.45) is -8.31. The van der Waals surface area contributed by atoms with E-state index in [1.807, 2.05) is 13.8 Å². The van der Waals surface area contributed by atoms with Crippen LogP contribution in [-0.4, -0.2) is 112 Å². The fraction of sp³-hybridized carbons (Fsp3) is 0.429. The second-order valence-electron chi connectivity index (χ2n) is 10.4. The van der Waals surface area contributed by atoms with Gasteiger partial charge in [-0.05, 0) is 49.2 Å². The summed E-state index contributed by atoms with van der Waals surface area (Å²) in [5.74, 6) is -1.07. The van der Waals surface area contributed by atoms with Crippen molar-refractivity contribution >= 4 is 17.0 Å². The van der Waals surface area contributed by atoms with E-state index in [4.69, 9.17) is 14.2 Å². The van der Waals surface area contributed by atoms with Crippen molar-refractivity contribution in [3.05, 3.63) is 74.2 Å². The van der Waals surface area contributed by atoms with Gasteiger partial charge in [0.1, 0.15) is 36.6 Å². The normalized spacial score (nSPS) is 22.2. The zero-order valence-corrected chi connectivity index (χ0v) is 23.6. The molecular weight excluding hydrogens is 582 g/mol. The number of pyridine rings is 1. The van der Waals surface area contributed by atoms with Gasteiger partial charge < -0.3 is 44.3 Å². The van der Waals surface area contributed by atoms with E-state index in [-0.39, 0.29) is 17.1 Å². The van der Waals surface area contributed by atoms with Crippen LogP contribution in [0.3, 0.4) is 0 Å². The third kappa shape index (κ3) is 6.09. The first-order valence-corrected chi connectivity index (χ1v) is 13.6. The van der Waals surface area contributed by atoms with Crippen molar-refractivity contribution in [3.8, 4) is 11.5 Å². The molecule has 1 fully saturated rings. The fourth-order valence-electron chi connectivity index (χ4n) is 4.97. The van der Waals surface area contributed by atoms with E-state index in [2.05, 4.69) is 19.9 Å². The highest BCUT2D eigenvalue weighted by atomic mass is 16.7. The van der Waals surface area contributed by atoms with Gasteiger partial charge in [-0.15, -0.1) is 0 Å². The molecule has 6 N–H and O–H groups in total. The van der Waals surface area contributed by atoms with Crippen molar-refractivity contribution in [2.45, 2.75) is 63.3 Å². The summed E-state index contributed by atoms with van der Waals surface area (Å²) in [5, 5.41) is 51.1. The first kappa shape index (κ1) is 31.3. The number of rotatable bonds is 10. The lowest BCUT2D eigenvalue weighted by molar-refractivity contribution is -0.235. The van der Waals surface area contributed by atoms with Crippen LogP contribution in [0.15, 0.2) is 46.2 Å². The number of fused-ring (bicyclic) bond motifs is 2. The van der Waals surface area contributed by atoms with Crippen LogP contribution < -0.4 is 11.2 Å². The van der Waals surface area contributed by atoms with Crippen LogP contribution in [0.5, 0.6) is 0 Å². The maximum atomic E-state index is 13.3. The van der Waals surface area contributed by atoms with E-state index >= 15 is 0 Å². The Hall–Kier alpha value is -4.16. The van der Waals surface area contributed by atoms with Crippen LogP contribution in [0.1, 0.15) is 21.5 Å². The van der Waals surface area contributed by atoms with E-state index in [1.165, 1.54) is 29.1 Å². The second kappa shape index (κ2) is 12.8. The number of nitrogens with zero attached hydrogens (tertiary/aromatic N) is 4. The number of hydrogen-bond donors (Lipinski definition) is 6. The lowest BCUT2D eigenvalue weighted by Crippen LogP contribution is -2.50. The Labute approximate surface area is 248 Å². The Bertz CT molecular complexity index is 1730. The summed E-state index contributed by atoms with van der Waals surface area (Å²) >= 11 is 0. The van der Waals surface area contributed by atoms with Gasteiger partial charge in [0.25, 0.3) is 5.56 Å². The molecule has 0 radical (unpaired) electrons. The van der Waals surface area contributed by atoms with Gasteiger partial charge in [0.2, 0.25) is 0 Å². The molecule has 1 saturated heterocycles. The van der Waals surface area contributed by atoms with E-state index in [0.29, 0.717) is 11.0 Å². The number of aliphatic hydroxyl groups is 5.